The number of nitrogens with zero attached hydrogens (tertiary/aromatic N) is 3. The van der Waals surface area contributed by atoms with Gasteiger partial charge in [-0.05, 0) is 55.9 Å². The zero-order valence-corrected chi connectivity index (χ0v) is 13.1. The standard InChI is InChI=1S/C19H19N3O/c20-12-16-11-14-5-1-2-7-17(14)21-19(16)22-9-3-6-15(13-22)18-8-4-10-23-18/h4,6,8,10-11H,1-3,5,7,9,13H2. The van der Waals surface area contributed by atoms with E-state index in [1.807, 2.05) is 12.1 Å². The molecule has 2 aromatic heterocycles. The molecule has 0 N–H and O–H groups in total. The molecule has 0 radical (unpaired) electrons. The smallest absolute Gasteiger partial charge is 0.147 e. The summed E-state index contributed by atoms with van der Waals surface area (Å²) in [5.74, 6) is 1.75. The fraction of sp³-hybridized carbons (Fsp3) is 0.368. The molecule has 0 aromatic carbocycles. The van der Waals surface area contributed by atoms with Crippen molar-refractivity contribution < 1.29 is 4.42 Å². The summed E-state index contributed by atoms with van der Waals surface area (Å²) in [6, 6.07) is 8.30. The fourth-order valence-corrected chi connectivity index (χ4v) is 3.51. The van der Waals surface area contributed by atoms with Gasteiger partial charge >= 0.3 is 0 Å². The summed E-state index contributed by atoms with van der Waals surface area (Å²) in [5.41, 5.74) is 4.31. The van der Waals surface area contributed by atoms with Crippen LogP contribution >= 0.6 is 0 Å². The number of aryl methyl sites for hydroxylation is 2. The zero-order valence-electron chi connectivity index (χ0n) is 13.1. The van der Waals surface area contributed by atoms with Crippen molar-refractivity contribution in [2.24, 2.45) is 0 Å². The molecule has 0 fully saturated rings. The van der Waals surface area contributed by atoms with E-state index in [0.717, 1.165) is 43.9 Å². The molecule has 0 saturated carbocycles. The second-order valence-electron chi connectivity index (χ2n) is 6.20. The maximum atomic E-state index is 9.55. The Morgan fingerprint density at radius 1 is 1.26 bits per heavy atom. The van der Waals surface area contributed by atoms with Crippen LogP contribution in [0.5, 0.6) is 0 Å². The molecule has 2 aromatic rings. The van der Waals surface area contributed by atoms with Gasteiger partial charge in [-0.25, -0.2) is 4.98 Å². The first-order valence-corrected chi connectivity index (χ1v) is 8.26. The van der Waals surface area contributed by atoms with Crippen LogP contribution < -0.4 is 4.90 Å². The highest BCUT2D eigenvalue weighted by Gasteiger charge is 2.22. The van der Waals surface area contributed by atoms with Crippen molar-refractivity contribution in [1.29, 1.82) is 5.26 Å². The van der Waals surface area contributed by atoms with E-state index in [9.17, 15) is 5.26 Å². The number of nitriles is 1. The van der Waals surface area contributed by atoms with Gasteiger partial charge in [-0.15, -0.1) is 0 Å². The lowest BCUT2D eigenvalue weighted by atomic mass is 9.94. The Kier molecular flexibility index (Phi) is 3.63. The van der Waals surface area contributed by atoms with Gasteiger partial charge in [0.15, 0.2) is 0 Å². The Balaban J connectivity index is 1.68. The lowest BCUT2D eigenvalue weighted by Gasteiger charge is -2.29. The molecule has 0 spiro atoms. The summed E-state index contributed by atoms with van der Waals surface area (Å²) in [6.45, 7) is 1.64. The predicted octanol–water partition coefficient (Wildman–Crippen LogP) is 3.72. The van der Waals surface area contributed by atoms with Gasteiger partial charge in [0.2, 0.25) is 0 Å². The van der Waals surface area contributed by atoms with Crippen LogP contribution in [0.3, 0.4) is 0 Å². The van der Waals surface area contributed by atoms with Gasteiger partial charge in [0.1, 0.15) is 17.6 Å². The van der Waals surface area contributed by atoms with Gasteiger partial charge in [-0.1, -0.05) is 6.08 Å². The molecule has 0 bridgehead atoms. The van der Waals surface area contributed by atoms with Gasteiger partial charge in [0, 0.05) is 24.4 Å². The SMILES string of the molecule is N#Cc1cc2c(nc1N1CCC=C(c3ccco3)C1)CCCC2. The van der Waals surface area contributed by atoms with Crippen molar-refractivity contribution in [2.45, 2.75) is 32.1 Å². The Morgan fingerprint density at radius 3 is 3.00 bits per heavy atom. The summed E-state index contributed by atoms with van der Waals surface area (Å²) in [5, 5.41) is 9.55. The van der Waals surface area contributed by atoms with Crippen LogP contribution in [0.1, 0.15) is 41.8 Å². The third-order valence-electron chi connectivity index (χ3n) is 4.69. The molecule has 23 heavy (non-hydrogen) atoms. The van der Waals surface area contributed by atoms with Crippen molar-refractivity contribution in [3.8, 4) is 6.07 Å². The summed E-state index contributed by atoms with van der Waals surface area (Å²) in [4.78, 5) is 7.08. The molecule has 0 unspecified atom stereocenters. The first-order chi connectivity index (χ1) is 11.3. The molecule has 3 heterocycles. The van der Waals surface area contributed by atoms with Gasteiger partial charge in [-0.3, -0.25) is 0 Å². The average Bonchev–Trinajstić information content (AvgIpc) is 3.15. The largest absolute Gasteiger partial charge is 0.465 e. The normalized spacial score (nSPS) is 17.3. The van der Waals surface area contributed by atoms with Crippen LogP contribution in [-0.4, -0.2) is 18.1 Å². The van der Waals surface area contributed by atoms with E-state index in [0.29, 0.717) is 5.56 Å². The van der Waals surface area contributed by atoms with Gasteiger partial charge < -0.3 is 9.32 Å². The number of aromatic nitrogens is 1. The summed E-state index contributed by atoms with van der Waals surface area (Å²) in [6.07, 6.45) is 9.35. The Bertz CT molecular complexity index is 784. The molecule has 0 atom stereocenters. The number of rotatable bonds is 2. The van der Waals surface area contributed by atoms with Crippen LogP contribution in [0.2, 0.25) is 0 Å². The molecular formula is C19H19N3O. The predicted molar refractivity (Wildman–Crippen MR) is 89.1 cm³/mol. The molecule has 116 valence electrons. The lowest BCUT2D eigenvalue weighted by molar-refractivity contribution is 0.549. The molecule has 4 rings (SSSR count). The number of hydrogen-bond acceptors (Lipinski definition) is 4. The van der Waals surface area contributed by atoms with E-state index in [2.05, 4.69) is 23.1 Å². The van der Waals surface area contributed by atoms with Crippen LogP contribution in [0.4, 0.5) is 5.82 Å². The van der Waals surface area contributed by atoms with Crippen molar-refractivity contribution >= 4 is 11.4 Å². The first kappa shape index (κ1) is 14.1. The highest BCUT2D eigenvalue weighted by Crippen LogP contribution is 2.30. The van der Waals surface area contributed by atoms with E-state index >= 15 is 0 Å². The van der Waals surface area contributed by atoms with E-state index in [1.54, 1.807) is 6.26 Å². The van der Waals surface area contributed by atoms with E-state index in [-0.39, 0.29) is 0 Å². The molecule has 2 aliphatic rings. The average molecular weight is 305 g/mol. The highest BCUT2D eigenvalue weighted by molar-refractivity contribution is 5.69. The lowest BCUT2D eigenvalue weighted by Crippen LogP contribution is -2.31. The van der Waals surface area contributed by atoms with Crippen molar-refractivity contribution in [3.63, 3.8) is 0 Å². The summed E-state index contributed by atoms with van der Waals surface area (Å²) >= 11 is 0. The zero-order chi connectivity index (χ0) is 15.6. The molecule has 4 heteroatoms. The van der Waals surface area contributed by atoms with Gasteiger partial charge in [-0.2, -0.15) is 5.26 Å². The third-order valence-corrected chi connectivity index (χ3v) is 4.69. The molecule has 0 amide bonds. The highest BCUT2D eigenvalue weighted by atomic mass is 16.3. The topological polar surface area (TPSA) is 53.1 Å². The van der Waals surface area contributed by atoms with Gasteiger partial charge in [0.05, 0.1) is 11.8 Å². The van der Waals surface area contributed by atoms with E-state index < -0.39 is 0 Å². The number of hydrogen-bond donors (Lipinski definition) is 0. The molecule has 1 aliphatic carbocycles. The Morgan fingerprint density at radius 2 is 2.17 bits per heavy atom. The number of anilines is 1. The maximum absolute atomic E-state index is 9.55. The van der Waals surface area contributed by atoms with Crippen molar-refractivity contribution in [3.05, 3.63) is 53.1 Å². The summed E-state index contributed by atoms with van der Waals surface area (Å²) < 4.78 is 5.52. The second kappa shape index (κ2) is 5.92. The van der Waals surface area contributed by atoms with Crippen LogP contribution in [-0.2, 0) is 12.8 Å². The van der Waals surface area contributed by atoms with Crippen LogP contribution in [0.25, 0.3) is 5.57 Å². The second-order valence-corrected chi connectivity index (χ2v) is 6.20. The van der Waals surface area contributed by atoms with Crippen LogP contribution in [0, 0.1) is 11.3 Å². The fourth-order valence-electron chi connectivity index (χ4n) is 3.51. The minimum Gasteiger partial charge on any atom is -0.465 e. The first-order valence-electron chi connectivity index (χ1n) is 8.26. The number of fused-ring (bicyclic) bond motifs is 1. The minimum absolute atomic E-state index is 0.700. The van der Waals surface area contributed by atoms with E-state index in [1.165, 1.54) is 29.7 Å². The Labute approximate surface area is 136 Å². The van der Waals surface area contributed by atoms with Crippen LogP contribution in [0.15, 0.2) is 35.0 Å². The monoisotopic (exact) mass is 305 g/mol. The van der Waals surface area contributed by atoms with Crippen molar-refractivity contribution in [1.82, 2.24) is 4.98 Å². The quantitative estimate of drug-likeness (QED) is 0.848. The minimum atomic E-state index is 0.700. The number of pyridine rings is 1. The molecule has 4 nitrogen and oxygen atoms in total. The molecule has 1 aliphatic heterocycles. The number of furan rings is 1. The molecule has 0 saturated heterocycles. The molecular weight excluding hydrogens is 286 g/mol. The summed E-state index contributed by atoms with van der Waals surface area (Å²) in [7, 11) is 0. The van der Waals surface area contributed by atoms with Crippen molar-refractivity contribution in [2.75, 3.05) is 18.0 Å². The Hall–Kier alpha value is -2.54. The van der Waals surface area contributed by atoms with Gasteiger partial charge in [0.25, 0.3) is 0 Å². The maximum Gasteiger partial charge on any atom is 0.147 e. The third kappa shape index (κ3) is 2.63. The van der Waals surface area contributed by atoms with E-state index in [4.69, 9.17) is 9.40 Å².